The molecule has 92 valence electrons. The first-order chi connectivity index (χ1) is 8.09. The van der Waals surface area contributed by atoms with Crippen molar-refractivity contribution in [1.82, 2.24) is 4.90 Å². The van der Waals surface area contributed by atoms with Crippen molar-refractivity contribution in [3.8, 4) is 0 Å². The van der Waals surface area contributed by atoms with Gasteiger partial charge in [-0.1, -0.05) is 24.6 Å². The fourth-order valence-electron chi connectivity index (χ4n) is 3.19. The molecule has 0 saturated heterocycles. The molecule has 0 radical (unpaired) electrons. The average molecular weight is 229 g/mol. The molecule has 2 aliphatic rings. The molecular formula is C16H23N. The van der Waals surface area contributed by atoms with Crippen molar-refractivity contribution >= 4 is 0 Å². The molecule has 1 saturated carbocycles. The van der Waals surface area contributed by atoms with Gasteiger partial charge in [0.05, 0.1) is 0 Å². The number of fused-ring (bicyclic) bond motifs is 1. The second-order valence-corrected chi connectivity index (χ2v) is 6.27. The molecule has 0 unspecified atom stereocenters. The van der Waals surface area contributed by atoms with Crippen LogP contribution in [0.4, 0.5) is 0 Å². The van der Waals surface area contributed by atoms with Crippen LogP contribution in [-0.2, 0) is 12.0 Å². The number of hydrogen-bond acceptors (Lipinski definition) is 1. The Morgan fingerprint density at radius 2 is 2.00 bits per heavy atom. The third kappa shape index (κ3) is 1.72. The highest BCUT2D eigenvalue weighted by atomic mass is 15.2. The highest BCUT2D eigenvalue weighted by molar-refractivity contribution is 5.40. The zero-order valence-corrected chi connectivity index (χ0v) is 11.3. The maximum absolute atomic E-state index is 2.49. The number of nitrogens with zero attached hydrogens (tertiary/aromatic N) is 1. The van der Waals surface area contributed by atoms with Crippen LogP contribution in [0.25, 0.3) is 0 Å². The van der Waals surface area contributed by atoms with Crippen LogP contribution >= 0.6 is 0 Å². The summed E-state index contributed by atoms with van der Waals surface area (Å²) < 4.78 is 0. The topological polar surface area (TPSA) is 3.24 Å². The average Bonchev–Trinajstić information content (AvgIpc) is 2.21. The van der Waals surface area contributed by atoms with Gasteiger partial charge in [-0.05, 0) is 62.8 Å². The predicted octanol–water partition coefficient (Wildman–Crippen LogP) is 3.68. The van der Waals surface area contributed by atoms with E-state index in [1.54, 1.807) is 11.1 Å². The van der Waals surface area contributed by atoms with Gasteiger partial charge in [-0.15, -0.1) is 0 Å². The van der Waals surface area contributed by atoms with Crippen LogP contribution < -0.4 is 0 Å². The molecule has 0 spiro atoms. The monoisotopic (exact) mass is 229 g/mol. The first kappa shape index (κ1) is 11.3. The van der Waals surface area contributed by atoms with Crippen LogP contribution in [0.15, 0.2) is 18.2 Å². The van der Waals surface area contributed by atoms with E-state index in [2.05, 4.69) is 44.0 Å². The standard InChI is InChI=1S/C16H23N/c1-16(2)15-8-7-13(12-5-4-6-12)11-14(15)9-10-17(16)3/h7-8,11-12H,4-6,9-10H2,1-3H3. The minimum atomic E-state index is 0.200. The summed E-state index contributed by atoms with van der Waals surface area (Å²) in [6, 6.07) is 7.26. The minimum Gasteiger partial charge on any atom is -0.297 e. The lowest BCUT2D eigenvalue weighted by Crippen LogP contribution is -2.44. The van der Waals surface area contributed by atoms with E-state index in [0.29, 0.717) is 0 Å². The van der Waals surface area contributed by atoms with Gasteiger partial charge in [-0.2, -0.15) is 0 Å². The van der Waals surface area contributed by atoms with Crippen molar-refractivity contribution in [2.45, 2.75) is 51.0 Å². The molecule has 1 aromatic carbocycles. The van der Waals surface area contributed by atoms with Crippen LogP contribution in [-0.4, -0.2) is 18.5 Å². The Hall–Kier alpha value is -0.820. The molecule has 17 heavy (non-hydrogen) atoms. The molecule has 0 N–H and O–H groups in total. The first-order valence-corrected chi connectivity index (χ1v) is 6.93. The lowest BCUT2D eigenvalue weighted by molar-refractivity contribution is 0.143. The summed E-state index contributed by atoms with van der Waals surface area (Å²) in [5, 5.41) is 0. The number of likely N-dealkylation sites (N-methyl/N-ethyl adjacent to an activating group) is 1. The van der Waals surface area contributed by atoms with Gasteiger partial charge in [-0.25, -0.2) is 0 Å². The van der Waals surface area contributed by atoms with Gasteiger partial charge in [0.1, 0.15) is 0 Å². The predicted molar refractivity (Wildman–Crippen MR) is 72.4 cm³/mol. The highest BCUT2D eigenvalue weighted by Crippen LogP contribution is 2.40. The molecule has 3 rings (SSSR count). The smallest absolute Gasteiger partial charge is 0.0404 e. The molecule has 0 aromatic heterocycles. The first-order valence-electron chi connectivity index (χ1n) is 6.93. The fraction of sp³-hybridized carbons (Fsp3) is 0.625. The van der Waals surface area contributed by atoms with Crippen molar-refractivity contribution < 1.29 is 0 Å². The Balaban J connectivity index is 1.98. The van der Waals surface area contributed by atoms with Crippen molar-refractivity contribution in [2.24, 2.45) is 0 Å². The second kappa shape index (κ2) is 3.84. The molecule has 1 nitrogen and oxygen atoms in total. The number of hydrogen-bond donors (Lipinski definition) is 0. The van der Waals surface area contributed by atoms with Gasteiger partial charge >= 0.3 is 0 Å². The Morgan fingerprint density at radius 3 is 2.65 bits per heavy atom. The molecule has 1 aliphatic carbocycles. The molecule has 1 aliphatic heterocycles. The van der Waals surface area contributed by atoms with E-state index >= 15 is 0 Å². The maximum atomic E-state index is 2.49. The van der Waals surface area contributed by atoms with Crippen molar-refractivity contribution in [3.63, 3.8) is 0 Å². The van der Waals surface area contributed by atoms with Crippen LogP contribution in [0.1, 0.15) is 55.7 Å². The van der Waals surface area contributed by atoms with Crippen LogP contribution in [0.2, 0.25) is 0 Å². The largest absolute Gasteiger partial charge is 0.297 e. The van der Waals surface area contributed by atoms with Gasteiger partial charge in [0.15, 0.2) is 0 Å². The summed E-state index contributed by atoms with van der Waals surface area (Å²) in [7, 11) is 2.24. The van der Waals surface area contributed by atoms with Crippen LogP contribution in [0, 0.1) is 0 Å². The second-order valence-electron chi connectivity index (χ2n) is 6.27. The summed E-state index contributed by atoms with van der Waals surface area (Å²) >= 11 is 0. The Labute approximate surface area is 105 Å². The minimum absolute atomic E-state index is 0.200. The molecule has 1 heterocycles. The van der Waals surface area contributed by atoms with Crippen molar-refractivity contribution in [2.75, 3.05) is 13.6 Å². The van der Waals surface area contributed by atoms with E-state index in [0.717, 1.165) is 5.92 Å². The Kier molecular flexibility index (Phi) is 2.55. The maximum Gasteiger partial charge on any atom is 0.0404 e. The van der Waals surface area contributed by atoms with Gasteiger partial charge in [-0.3, -0.25) is 4.90 Å². The van der Waals surface area contributed by atoms with E-state index in [1.807, 2.05) is 0 Å². The molecule has 1 fully saturated rings. The van der Waals surface area contributed by atoms with E-state index in [-0.39, 0.29) is 5.54 Å². The van der Waals surface area contributed by atoms with Crippen LogP contribution in [0.3, 0.4) is 0 Å². The quantitative estimate of drug-likeness (QED) is 0.710. The zero-order chi connectivity index (χ0) is 12.0. The molecule has 0 bridgehead atoms. The lowest BCUT2D eigenvalue weighted by Gasteiger charge is -2.42. The van der Waals surface area contributed by atoms with Gasteiger partial charge < -0.3 is 0 Å². The fourth-order valence-corrected chi connectivity index (χ4v) is 3.19. The third-order valence-electron chi connectivity index (χ3n) is 5.04. The summed E-state index contributed by atoms with van der Waals surface area (Å²) in [5.74, 6) is 0.864. The summed E-state index contributed by atoms with van der Waals surface area (Å²) in [5.41, 5.74) is 4.92. The third-order valence-corrected chi connectivity index (χ3v) is 5.04. The summed E-state index contributed by atoms with van der Waals surface area (Å²) in [4.78, 5) is 2.47. The van der Waals surface area contributed by atoms with Crippen LogP contribution in [0.5, 0.6) is 0 Å². The Morgan fingerprint density at radius 1 is 1.24 bits per heavy atom. The van der Waals surface area contributed by atoms with Gasteiger partial charge in [0, 0.05) is 12.1 Å². The molecule has 0 atom stereocenters. The van der Waals surface area contributed by atoms with E-state index in [1.165, 1.54) is 37.8 Å². The highest BCUT2D eigenvalue weighted by Gasteiger charge is 2.32. The summed E-state index contributed by atoms with van der Waals surface area (Å²) in [6.07, 6.45) is 5.45. The molecule has 1 heteroatoms. The lowest BCUT2D eigenvalue weighted by atomic mass is 9.76. The van der Waals surface area contributed by atoms with E-state index in [4.69, 9.17) is 0 Å². The van der Waals surface area contributed by atoms with Gasteiger partial charge in [0.2, 0.25) is 0 Å². The SMILES string of the molecule is CN1CCc2cc(C3CCC3)ccc2C1(C)C. The van der Waals surface area contributed by atoms with Crippen molar-refractivity contribution in [1.29, 1.82) is 0 Å². The van der Waals surface area contributed by atoms with Crippen molar-refractivity contribution in [3.05, 3.63) is 34.9 Å². The van der Waals surface area contributed by atoms with E-state index < -0.39 is 0 Å². The molecule has 1 aromatic rings. The van der Waals surface area contributed by atoms with E-state index in [9.17, 15) is 0 Å². The molecular weight excluding hydrogens is 206 g/mol. The van der Waals surface area contributed by atoms with Gasteiger partial charge in [0.25, 0.3) is 0 Å². The number of rotatable bonds is 1. The molecule has 0 amide bonds. The summed E-state index contributed by atoms with van der Waals surface area (Å²) in [6.45, 7) is 5.87. The zero-order valence-electron chi connectivity index (χ0n) is 11.3. The normalized spacial score (nSPS) is 24.2. The number of benzene rings is 1. The Bertz CT molecular complexity index is 429.